The fourth-order valence-corrected chi connectivity index (χ4v) is 9.39. The number of hydrogen-bond acceptors (Lipinski definition) is 1. The van der Waals surface area contributed by atoms with Gasteiger partial charge in [0.1, 0.15) is 0 Å². The van der Waals surface area contributed by atoms with E-state index in [4.69, 9.17) is 4.74 Å². The second-order valence-corrected chi connectivity index (χ2v) is 12.0. The fraction of sp³-hybridized carbons (Fsp3) is 0.172. The average Bonchev–Trinajstić information content (AvgIpc) is 2.86. The van der Waals surface area contributed by atoms with E-state index in [1.807, 2.05) is 6.07 Å². The minimum atomic E-state index is -2.10. The van der Waals surface area contributed by atoms with Crippen molar-refractivity contribution in [2.75, 3.05) is 12.8 Å². The molecule has 0 aromatic heterocycles. The summed E-state index contributed by atoms with van der Waals surface area (Å²) in [5.41, 5.74) is 1.24. The van der Waals surface area contributed by atoms with Gasteiger partial charge in [-0.25, -0.2) is 0 Å². The predicted molar refractivity (Wildman–Crippen MR) is 137 cm³/mol. The molecular formula is C29H31OP. The van der Waals surface area contributed by atoms with Crippen molar-refractivity contribution in [1.82, 2.24) is 0 Å². The van der Waals surface area contributed by atoms with Crippen molar-refractivity contribution < 1.29 is 4.74 Å². The molecule has 0 aliphatic heterocycles. The molecule has 2 heteroatoms. The molecule has 0 radical (unpaired) electrons. The number of benzene rings is 4. The normalized spacial score (nSPS) is 11.9. The zero-order chi connectivity index (χ0) is 21.2. The molecule has 0 N–H and O–H groups in total. The zero-order valence-corrected chi connectivity index (χ0v) is 19.0. The van der Waals surface area contributed by atoms with Gasteiger partial charge in [0.05, 0.1) is 0 Å². The predicted octanol–water partition coefficient (Wildman–Crippen LogP) is 5.71. The third-order valence-electron chi connectivity index (χ3n) is 6.00. The molecule has 0 saturated heterocycles. The van der Waals surface area contributed by atoms with Gasteiger partial charge in [-0.3, -0.25) is 0 Å². The van der Waals surface area contributed by atoms with E-state index in [9.17, 15) is 0 Å². The van der Waals surface area contributed by atoms with Gasteiger partial charge in [0, 0.05) is 0 Å². The Balaban J connectivity index is 1.54. The number of unbranched alkanes of at least 4 members (excludes halogenated alkanes) is 1. The van der Waals surface area contributed by atoms with Crippen LogP contribution in [0.25, 0.3) is 0 Å². The van der Waals surface area contributed by atoms with E-state index in [1.54, 1.807) is 0 Å². The van der Waals surface area contributed by atoms with Crippen LogP contribution in [0, 0.1) is 0 Å². The summed E-state index contributed by atoms with van der Waals surface area (Å²) in [5.74, 6) is 0. The van der Waals surface area contributed by atoms with Crippen LogP contribution in [0.1, 0.15) is 18.4 Å². The summed E-state index contributed by atoms with van der Waals surface area (Å²) in [4.78, 5) is 0. The molecule has 4 aromatic rings. The van der Waals surface area contributed by atoms with Crippen LogP contribution in [-0.2, 0) is 11.3 Å². The Morgan fingerprint density at radius 3 is 1.35 bits per heavy atom. The molecule has 0 heterocycles. The van der Waals surface area contributed by atoms with Gasteiger partial charge in [-0.15, -0.1) is 0 Å². The van der Waals surface area contributed by atoms with Gasteiger partial charge < -0.3 is 0 Å². The Morgan fingerprint density at radius 1 is 0.484 bits per heavy atom. The number of ether oxygens (including phenoxy) is 1. The van der Waals surface area contributed by atoms with E-state index >= 15 is 0 Å². The monoisotopic (exact) mass is 426 g/mol. The van der Waals surface area contributed by atoms with Gasteiger partial charge in [-0.05, 0) is 0 Å². The molecule has 0 unspecified atom stereocenters. The molecule has 0 bridgehead atoms. The fourth-order valence-electron chi connectivity index (χ4n) is 4.46. The van der Waals surface area contributed by atoms with Crippen LogP contribution in [0.4, 0.5) is 0 Å². The van der Waals surface area contributed by atoms with Gasteiger partial charge in [0.25, 0.3) is 0 Å². The third-order valence-corrected chi connectivity index (χ3v) is 11.1. The second kappa shape index (κ2) is 11.0. The molecule has 0 atom stereocenters. The van der Waals surface area contributed by atoms with Crippen molar-refractivity contribution in [3.63, 3.8) is 0 Å². The zero-order valence-electron chi connectivity index (χ0n) is 18.0. The molecule has 0 fully saturated rings. The first-order valence-corrected chi connectivity index (χ1v) is 13.4. The standard InChI is InChI=1S/C29H31OP/c1-5-15-26(16-6-1)25-30-23-13-14-24-31(27-17-7-2-8-18-27,28-19-9-3-10-20-28)29-21-11-4-12-22-29/h1-12,15-22,31H,13-14,23-25H2. The van der Waals surface area contributed by atoms with Crippen molar-refractivity contribution in [2.45, 2.75) is 19.4 Å². The van der Waals surface area contributed by atoms with Gasteiger partial charge in [0.2, 0.25) is 0 Å². The summed E-state index contributed by atoms with van der Waals surface area (Å²) in [6, 6.07) is 43.9. The molecule has 31 heavy (non-hydrogen) atoms. The van der Waals surface area contributed by atoms with Crippen molar-refractivity contribution in [3.8, 4) is 0 Å². The maximum absolute atomic E-state index is 5.97. The topological polar surface area (TPSA) is 9.23 Å². The number of rotatable bonds is 10. The SMILES string of the molecule is c1ccc(COCCCC[PH](c2ccccc2)(c2ccccc2)c2ccccc2)cc1. The van der Waals surface area contributed by atoms with Crippen LogP contribution in [-0.4, -0.2) is 12.8 Å². The summed E-state index contributed by atoms with van der Waals surface area (Å²) in [5, 5.41) is 4.45. The van der Waals surface area contributed by atoms with E-state index in [-0.39, 0.29) is 0 Å². The Kier molecular flexibility index (Phi) is 7.66. The number of hydrogen-bond donors (Lipinski definition) is 0. The Labute approximate surface area is 187 Å². The molecule has 4 rings (SSSR count). The van der Waals surface area contributed by atoms with E-state index in [0.29, 0.717) is 6.61 Å². The van der Waals surface area contributed by atoms with E-state index < -0.39 is 7.26 Å². The molecule has 1 nitrogen and oxygen atoms in total. The summed E-state index contributed by atoms with van der Waals surface area (Å²) < 4.78 is 5.97. The summed E-state index contributed by atoms with van der Waals surface area (Å²) >= 11 is 0. The maximum atomic E-state index is 5.97. The Bertz CT molecular complexity index is 921. The van der Waals surface area contributed by atoms with E-state index in [2.05, 4.69) is 115 Å². The summed E-state index contributed by atoms with van der Waals surface area (Å²) in [7, 11) is -2.10. The molecule has 158 valence electrons. The molecule has 0 aliphatic carbocycles. The van der Waals surface area contributed by atoms with Crippen molar-refractivity contribution in [3.05, 3.63) is 127 Å². The van der Waals surface area contributed by atoms with Gasteiger partial charge >= 0.3 is 187 Å². The second-order valence-electron chi connectivity index (χ2n) is 8.00. The van der Waals surface area contributed by atoms with Crippen molar-refractivity contribution in [1.29, 1.82) is 0 Å². The van der Waals surface area contributed by atoms with Gasteiger partial charge in [-0.2, -0.15) is 0 Å². The van der Waals surface area contributed by atoms with Gasteiger partial charge in [-0.1, -0.05) is 0 Å². The average molecular weight is 427 g/mol. The van der Waals surface area contributed by atoms with Crippen LogP contribution in [0.2, 0.25) is 0 Å². The summed E-state index contributed by atoms with van der Waals surface area (Å²) in [6.45, 7) is 1.50. The van der Waals surface area contributed by atoms with Crippen LogP contribution in [0.3, 0.4) is 0 Å². The van der Waals surface area contributed by atoms with Crippen LogP contribution < -0.4 is 15.9 Å². The molecule has 0 spiro atoms. The van der Waals surface area contributed by atoms with Crippen LogP contribution in [0.5, 0.6) is 0 Å². The van der Waals surface area contributed by atoms with Gasteiger partial charge in [0.15, 0.2) is 0 Å². The van der Waals surface area contributed by atoms with Crippen molar-refractivity contribution in [2.24, 2.45) is 0 Å². The molecule has 0 saturated carbocycles. The van der Waals surface area contributed by atoms with E-state index in [1.165, 1.54) is 27.6 Å². The van der Waals surface area contributed by atoms with E-state index in [0.717, 1.165) is 19.4 Å². The Hall–Kier alpha value is -2.73. The third kappa shape index (κ3) is 5.31. The first-order valence-electron chi connectivity index (χ1n) is 11.2. The minimum absolute atomic E-state index is 0.694. The van der Waals surface area contributed by atoms with Crippen LogP contribution >= 0.6 is 7.26 Å². The Morgan fingerprint density at radius 2 is 0.903 bits per heavy atom. The first-order chi connectivity index (χ1) is 15.4. The molecule has 4 aromatic carbocycles. The molecular weight excluding hydrogens is 395 g/mol. The molecule has 0 amide bonds. The quantitative estimate of drug-likeness (QED) is 0.233. The van der Waals surface area contributed by atoms with Crippen molar-refractivity contribution >= 4 is 23.2 Å². The van der Waals surface area contributed by atoms with Crippen LogP contribution in [0.15, 0.2) is 121 Å². The summed E-state index contributed by atoms with van der Waals surface area (Å²) in [6.07, 6.45) is 3.41. The molecule has 0 aliphatic rings. The first kappa shape index (κ1) is 21.5.